The highest BCUT2D eigenvalue weighted by Crippen LogP contribution is 2.28. The van der Waals surface area contributed by atoms with Crippen molar-refractivity contribution in [3.05, 3.63) is 77.4 Å². The van der Waals surface area contributed by atoms with Crippen LogP contribution in [0.2, 0.25) is 0 Å². The van der Waals surface area contributed by atoms with Crippen molar-refractivity contribution in [2.75, 3.05) is 5.43 Å². The number of alkyl halides is 3. The summed E-state index contributed by atoms with van der Waals surface area (Å²) in [6.07, 6.45) is -2.98. The first-order chi connectivity index (χ1) is 15.2. The van der Waals surface area contributed by atoms with Gasteiger partial charge in [0.05, 0.1) is 22.9 Å². The van der Waals surface area contributed by atoms with Crippen molar-refractivity contribution < 1.29 is 17.9 Å². The molecule has 1 aromatic heterocycles. The Morgan fingerprint density at radius 2 is 1.69 bits per heavy atom. The summed E-state index contributed by atoms with van der Waals surface area (Å²) >= 11 is 0. The van der Waals surface area contributed by atoms with Crippen LogP contribution >= 0.6 is 0 Å². The lowest BCUT2D eigenvalue weighted by Crippen LogP contribution is -2.16. The molecule has 0 radical (unpaired) electrons. The van der Waals surface area contributed by atoms with Gasteiger partial charge in [-0.25, -0.2) is 4.98 Å². The van der Waals surface area contributed by atoms with Crippen LogP contribution in [0, 0.1) is 13.8 Å². The number of hydrazone groups is 1. The van der Waals surface area contributed by atoms with Crippen LogP contribution in [-0.4, -0.2) is 22.1 Å². The lowest BCUT2D eigenvalue weighted by atomic mass is 10.1. The second-order valence-electron chi connectivity index (χ2n) is 7.45. The largest absolute Gasteiger partial charge is 0.573 e. The Bertz CT molecular complexity index is 1270. The summed E-state index contributed by atoms with van der Waals surface area (Å²) in [5.74, 6) is 0.371. The van der Waals surface area contributed by atoms with Crippen molar-refractivity contribution in [2.45, 2.75) is 20.2 Å². The van der Waals surface area contributed by atoms with Crippen LogP contribution in [0.3, 0.4) is 0 Å². The van der Waals surface area contributed by atoms with Gasteiger partial charge in [0.1, 0.15) is 11.6 Å². The van der Waals surface area contributed by atoms with Gasteiger partial charge in [-0.3, -0.25) is 5.43 Å². The molecule has 4 rings (SSSR count). The van der Waals surface area contributed by atoms with E-state index >= 15 is 0 Å². The summed E-state index contributed by atoms with van der Waals surface area (Å²) in [5.41, 5.74) is 9.53. The van der Waals surface area contributed by atoms with Crippen LogP contribution in [0.15, 0.2) is 65.8 Å². The van der Waals surface area contributed by atoms with Crippen molar-refractivity contribution in [3.63, 3.8) is 0 Å². The summed E-state index contributed by atoms with van der Waals surface area (Å²) in [6, 6.07) is 17.5. The Labute approximate surface area is 183 Å². The molecule has 4 aromatic rings. The monoisotopic (exact) mass is 438 g/mol. The van der Waals surface area contributed by atoms with Crippen LogP contribution in [0.4, 0.5) is 18.9 Å². The number of hydrogen-bond acceptors (Lipinski definition) is 4. The van der Waals surface area contributed by atoms with Crippen molar-refractivity contribution in [1.29, 1.82) is 0 Å². The first-order valence-corrected chi connectivity index (χ1v) is 9.89. The highest BCUT2D eigenvalue weighted by molar-refractivity contribution is 5.89. The van der Waals surface area contributed by atoms with E-state index in [1.165, 1.54) is 12.1 Å². The van der Waals surface area contributed by atoms with Gasteiger partial charge in [-0.05, 0) is 66.9 Å². The minimum absolute atomic E-state index is 0.269. The maximum Gasteiger partial charge on any atom is 0.573 e. The zero-order chi connectivity index (χ0) is 22.9. The SMILES string of the molecule is Cc1cccc(C)c1N/N=C/c1ccc2nc(-c3ccc(OC(F)(F)F)cc3)n(C)c2c1. The molecular weight excluding hydrogens is 417 g/mol. The molecule has 0 saturated carbocycles. The number of rotatable bonds is 5. The predicted molar refractivity (Wildman–Crippen MR) is 120 cm³/mol. The molecule has 0 amide bonds. The van der Waals surface area contributed by atoms with Crippen molar-refractivity contribution in [3.8, 4) is 17.1 Å². The smallest absolute Gasteiger partial charge is 0.406 e. The fraction of sp³-hybridized carbons (Fsp3) is 0.167. The molecule has 8 heteroatoms. The average Bonchev–Trinajstić information content (AvgIpc) is 3.06. The van der Waals surface area contributed by atoms with E-state index in [1.807, 2.05) is 61.9 Å². The fourth-order valence-electron chi connectivity index (χ4n) is 3.51. The van der Waals surface area contributed by atoms with E-state index in [2.05, 4.69) is 20.2 Å². The van der Waals surface area contributed by atoms with Crippen LogP contribution in [0.5, 0.6) is 5.75 Å². The third-order valence-corrected chi connectivity index (χ3v) is 5.12. The van der Waals surface area contributed by atoms with E-state index in [4.69, 9.17) is 0 Å². The zero-order valence-electron chi connectivity index (χ0n) is 17.7. The Morgan fingerprint density at radius 1 is 1.00 bits per heavy atom. The van der Waals surface area contributed by atoms with Crippen molar-refractivity contribution in [1.82, 2.24) is 9.55 Å². The number of nitrogens with one attached hydrogen (secondary N) is 1. The molecule has 1 N–H and O–H groups in total. The number of imidazole rings is 1. The Hall–Kier alpha value is -3.81. The van der Waals surface area contributed by atoms with Crippen LogP contribution in [0.25, 0.3) is 22.4 Å². The number of anilines is 1. The number of benzene rings is 3. The predicted octanol–water partition coefficient (Wildman–Crippen LogP) is 6.20. The van der Waals surface area contributed by atoms with Gasteiger partial charge < -0.3 is 9.30 Å². The number of nitrogens with zero attached hydrogens (tertiary/aromatic N) is 3. The number of ether oxygens (including phenoxy) is 1. The zero-order valence-corrected chi connectivity index (χ0v) is 17.7. The number of para-hydroxylation sites is 1. The average molecular weight is 438 g/mol. The van der Waals surface area contributed by atoms with E-state index in [1.54, 1.807) is 18.3 Å². The summed E-state index contributed by atoms with van der Waals surface area (Å²) < 4.78 is 43.0. The van der Waals surface area contributed by atoms with Crippen molar-refractivity contribution >= 4 is 22.9 Å². The Morgan fingerprint density at radius 3 is 2.34 bits per heavy atom. The summed E-state index contributed by atoms with van der Waals surface area (Å²) in [7, 11) is 1.86. The van der Waals surface area contributed by atoms with Gasteiger partial charge in [-0.2, -0.15) is 5.10 Å². The molecular formula is C24H21F3N4O. The molecule has 0 aliphatic heterocycles. The van der Waals surface area contributed by atoms with Crippen LogP contribution in [0.1, 0.15) is 16.7 Å². The number of fused-ring (bicyclic) bond motifs is 1. The van der Waals surface area contributed by atoms with Gasteiger partial charge >= 0.3 is 6.36 Å². The van der Waals surface area contributed by atoms with Gasteiger partial charge in [0, 0.05) is 12.6 Å². The summed E-state index contributed by atoms with van der Waals surface area (Å²) in [6.45, 7) is 4.05. The molecule has 164 valence electrons. The molecule has 0 atom stereocenters. The highest BCUT2D eigenvalue weighted by atomic mass is 19.4. The van der Waals surface area contributed by atoms with Gasteiger partial charge in [0.15, 0.2) is 0 Å². The van der Waals surface area contributed by atoms with Crippen LogP contribution < -0.4 is 10.2 Å². The van der Waals surface area contributed by atoms with Crippen LogP contribution in [-0.2, 0) is 7.05 Å². The van der Waals surface area contributed by atoms with E-state index in [0.717, 1.165) is 33.4 Å². The third kappa shape index (κ3) is 4.59. The highest BCUT2D eigenvalue weighted by Gasteiger charge is 2.31. The molecule has 3 aromatic carbocycles. The lowest BCUT2D eigenvalue weighted by molar-refractivity contribution is -0.274. The molecule has 0 bridgehead atoms. The molecule has 0 aliphatic carbocycles. The first-order valence-electron chi connectivity index (χ1n) is 9.89. The minimum atomic E-state index is -4.72. The van der Waals surface area contributed by atoms with E-state index in [9.17, 15) is 13.2 Å². The number of aromatic nitrogens is 2. The maximum atomic E-state index is 12.4. The van der Waals surface area contributed by atoms with Crippen molar-refractivity contribution in [2.24, 2.45) is 12.1 Å². The second kappa shape index (κ2) is 8.37. The lowest BCUT2D eigenvalue weighted by Gasteiger charge is -2.09. The second-order valence-corrected chi connectivity index (χ2v) is 7.45. The Kier molecular flexibility index (Phi) is 5.61. The van der Waals surface area contributed by atoms with Gasteiger partial charge in [-0.1, -0.05) is 24.3 Å². The number of hydrogen-bond donors (Lipinski definition) is 1. The standard InChI is InChI=1S/C24H21F3N4O/c1-15-5-4-6-16(2)22(15)30-28-14-17-7-12-20-21(13-17)31(3)23(29-20)18-8-10-19(11-9-18)32-24(25,26)27/h4-14,30H,1-3H3/b28-14+. The maximum absolute atomic E-state index is 12.4. The summed E-state index contributed by atoms with van der Waals surface area (Å²) in [4.78, 5) is 4.62. The van der Waals surface area contributed by atoms with E-state index in [-0.39, 0.29) is 5.75 Å². The normalized spacial score (nSPS) is 11.9. The third-order valence-electron chi connectivity index (χ3n) is 5.12. The number of halogens is 3. The topological polar surface area (TPSA) is 51.4 Å². The van der Waals surface area contributed by atoms with Gasteiger partial charge in [0.2, 0.25) is 0 Å². The molecule has 0 unspecified atom stereocenters. The molecule has 0 spiro atoms. The summed E-state index contributed by atoms with van der Waals surface area (Å²) in [5, 5.41) is 4.36. The molecule has 32 heavy (non-hydrogen) atoms. The van der Waals surface area contributed by atoms with Gasteiger partial charge in [-0.15, -0.1) is 13.2 Å². The molecule has 0 aliphatic rings. The van der Waals surface area contributed by atoms with Gasteiger partial charge in [0.25, 0.3) is 0 Å². The number of aryl methyl sites for hydroxylation is 3. The fourth-order valence-corrected chi connectivity index (χ4v) is 3.51. The minimum Gasteiger partial charge on any atom is -0.406 e. The Balaban J connectivity index is 1.57. The quantitative estimate of drug-likeness (QED) is 0.298. The molecule has 0 fully saturated rings. The molecule has 5 nitrogen and oxygen atoms in total. The molecule has 1 heterocycles. The van der Waals surface area contributed by atoms with E-state index < -0.39 is 6.36 Å². The van der Waals surface area contributed by atoms with E-state index in [0.29, 0.717) is 11.4 Å². The molecule has 0 saturated heterocycles. The first kappa shape index (κ1) is 21.4.